The van der Waals surface area contributed by atoms with E-state index in [9.17, 15) is 19.2 Å². The second kappa shape index (κ2) is 24.8. The number of nitrogen functional groups attached to an aromatic ring is 6. The number of nitrogens with two attached hydrogens (primary N) is 6. The van der Waals surface area contributed by atoms with E-state index < -0.39 is 11.9 Å². The van der Waals surface area contributed by atoms with Crippen LogP contribution in [0.15, 0.2) is 101 Å². The number of carbonyl (C=O) groups is 3. The number of thiazole rings is 5. The Morgan fingerprint density at radius 3 is 1.83 bits per heavy atom. The van der Waals surface area contributed by atoms with E-state index in [1.807, 2.05) is 52.7 Å². The maximum absolute atomic E-state index is 11.1. The van der Waals surface area contributed by atoms with Crippen LogP contribution in [0.3, 0.4) is 0 Å². The molecule has 368 valence electrons. The summed E-state index contributed by atoms with van der Waals surface area (Å²) in [6, 6.07) is 24.4. The van der Waals surface area contributed by atoms with E-state index >= 15 is 0 Å². The van der Waals surface area contributed by atoms with Crippen molar-refractivity contribution >= 4 is 159 Å². The van der Waals surface area contributed by atoms with Crippen LogP contribution in [0.1, 0.15) is 52.1 Å². The van der Waals surface area contributed by atoms with Gasteiger partial charge >= 0.3 is 11.9 Å². The molecule has 11 rings (SSSR count). The van der Waals surface area contributed by atoms with Gasteiger partial charge in [0.05, 0.1) is 54.6 Å². The molecule has 0 atom stereocenters. The number of fused-ring (bicyclic) bond motifs is 4. The Labute approximate surface area is 429 Å². The number of anilines is 6. The number of para-hydroxylation sites is 1. The van der Waals surface area contributed by atoms with E-state index in [4.69, 9.17) is 51.1 Å². The number of methoxy groups -OCH3 is 1. The SMILES string of the molecule is CC(=O)N1CCC(c2csc(N)n2)CC1.COC(=O)c1ccc(N)nc1.Nc1nc2ccc(=O)[nH]c2s1.Nc1nc2ccc(C(=O)O)cc2s1.Nc1nc2ccc(Cl)cc2s1.Nc1nc2ccccc2s1. The molecular weight excluding hydrogens is 1030 g/mol. The summed E-state index contributed by atoms with van der Waals surface area (Å²) in [6.45, 7) is 3.32. The molecule has 0 saturated carbocycles. The van der Waals surface area contributed by atoms with E-state index in [0.717, 1.165) is 77.6 Å². The lowest BCUT2D eigenvalue weighted by Gasteiger charge is -2.30. The van der Waals surface area contributed by atoms with E-state index in [-0.39, 0.29) is 17.0 Å². The molecule has 0 bridgehead atoms. The number of aromatic amines is 1. The van der Waals surface area contributed by atoms with E-state index in [2.05, 4.69) is 39.6 Å². The first kappa shape index (κ1) is 52.8. The minimum atomic E-state index is -0.936. The van der Waals surface area contributed by atoms with Gasteiger partial charge in [-0.25, -0.2) is 39.5 Å². The number of rotatable bonds is 3. The molecule has 20 nitrogen and oxygen atoms in total. The molecule has 26 heteroatoms. The van der Waals surface area contributed by atoms with Crippen LogP contribution in [-0.4, -0.2) is 82.9 Å². The summed E-state index contributed by atoms with van der Waals surface area (Å²) in [5.41, 5.74) is 37.8. The van der Waals surface area contributed by atoms with Crippen molar-refractivity contribution in [2.75, 3.05) is 54.6 Å². The highest BCUT2D eigenvalue weighted by molar-refractivity contribution is 7.23. The Hall–Kier alpha value is -7.55. The number of pyridine rings is 2. The lowest BCUT2D eigenvalue weighted by atomic mass is 9.94. The first-order valence-electron chi connectivity index (χ1n) is 20.8. The Bertz CT molecular complexity index is 3420. The smallest absolute Gasteiger partial charge is 0.339 e. The van der Waals surface area contributed by atoms with E-state index in [0.29, 0.717) is 43.0 Å². The highest BCUT2D eigenvalue weighted by Crippen LogP contribution is 2.30. The number of halogens is 1. The van der Waals surface area contributed by atoms with Gasteiger partial charge in [0.25, 0.3) is 0 Å². The zero-order valence-corrected chi connectivity index (χ0v) is 42.5. The number of H-pyrrole nitrogens is 1. The molecule has 3 aromatic carbocycles. The number of benzene rings is 3. The van der Waals surface area contributed by atoms with Crippen LogP contribution in [0.5, 0.6) is 0 Å². The Morgan fingerprint density at radius 2 is 1.25 bits per heavy atom. The summed E-state index contributed by atoms with van der Waals surface area (Å²) in [5, 5.41) is 14.3. The van der Waals surface area contributed by atoms with Crippen LogP contribution < -0.4 is 40.0 Å². The molecule has 10 aromatic rings. The van der Waals surface area contributed by atoms with Gasteiger partial charge in [-0.05, 0) is 79.6 Å². The van der Waals surface area contributed by atoms with Crippen molar-refractivity contribution in [2.45, 2.75) is 25.7 Å². The number of amides is 1. The Kier molecular flexibility index (Phi) is 18.5. The van der Waals surface area contributed by atoms with Crippen molar-refractivity contribution in [2.24, 2.45) is 0 Å². The van der Waals surface area contributed by atoms with Crippen LogP contribution in [0, 0.1) is 0 Å². The van der Waals surface area contributed by atoms with Crippen molar-refractivity contribution in [1.82, 2.24) is 39.8 Å². The summed E-state index contributed by atoms with van der Waals surface area (Å²) >= 11 is 12.8. The third kappa shape index (κ3) is 15.5. The Morgan fingerprint density at radius 1 is 0.690 bits per heavy atom. The summed E-state index contributed by atoms with van der Waals surface area (Å²) in [6.07, 6.45) is 3.38. The van der Waals surface area contributed by atoms with E-state index in [1.165, 1.54) is 82.1 Å². The average Bonchev–Trinajstić information content (AvgIpc) is 4.19. The molecule has 1 fully saturated rings. The predicted molar refractivity (Wildman–Crippen MR) is 289 cm³/mol. The average molecular weight is 1070 g/mol. The summed E-state index contributed by atoms with van der Waals surface area (Å²) in [5.74, 6) is -0.301. The van der Waals surface area contributed by atoms with Gasteiger partial charge in [0.15, 0.2) is 25.7 Å². The van der Waals surface area contributed by atoms with Crippen molar-refractivity contribution in [3.8, 4) is 0 Å². The van der Waals surface area contributed by atoms with Crippen molar-refractivity contribution < 1.29 is 24.2 Å². The predicted octanol–water partition coefficient (Wildman–Crippen LogP) is 8.46. The van der Waals surface area contributed by atoms with Gasteiger partial charge in [0, 0.05) is 48.6 Å². The number of ether oxygens (including phenoxy) is 1. The number of likely N-dealkylation sites (tertiary alicyclic amines) is 1. The number of carboxylic acids is 1. The zero-order valence-electron chi connectivity index (χ0n) is 37.6. The van der Waals surface area contributed by atoms with Gasteiger partial charge in [0.1, 0.15) is 16.2 Å². The normalized spacial score (nSPS) is 11.9. The van der Waals surface area contributed by atoms with Crippen molar-refractivity contribution in [3.05, 3.63) is 129 Å². The minimum absolute atomic E-state index is 0.124. The second-order valence-corrected chi connectivity index (χ2v) is 20.2. The zero-order chi connectivity index (χ0) is 51.2. The molecule has 8 heterocycles. The molecule has 14 N–H and O–H groups in total. The number of aromatic nitrogens is 7. The standard InChI is InChI=1S/C10H15N3OS.C8H6N2O2S.C7H5ClN2S.C7H8N2O2.C7H6N2S.C6H5N3OS/c1-7(14)13-4-2-8(3-5-13)9-6-15-10(11)12-9;9-8-10-5-2-1-4(7(11)12)3-6(5)13-8;8-4-1-2-5-6(3-4)11-7(9)10-5;1-11-7(10)5-2-3-6(8)9-4-5;8-7-9-5-3-1-2-4-6(5)10-7;7-6-8-3-1-2-4(10)9-5(3)11-6/h6,8H,2-5H2,1H3,(H2,11,12);1-3H,(H2,9,10)(H,11,12);1-3H,(H2,9,10);2-4H,1H3,(H2,8,9);1-4H,(H2,8,9);1-2H,(H2,7,8)(H,9,10). The largest absolute Gasteiger partial charge is 0.478 e. The highest BCUT2D eigenvalue weighted by atomic mass is 35.5. The summed E-state index contributed by atoms with van der Waals surface area (Å²) in [4.78, 5) is 72.8. The molecule has 1 saturated heterocycles. The second-order valence-electron chi connectivity index (χ2n) is 14.7. The number of piperidine rings is 1. The van der Waals surface area contributed by atoms with Crippen LogP contribution in [0.2, 0.25) is 5.02 Å². The maximum Gasteiger partial charge on any atom is 0.339 e. The fraction of sp³-hybridized carbons (Fsp3) is 0.156. The Balaban J connectivity index is 0.000000140. The van der Waals surface area contributed by atoms with Gasteiger partial charge in [0.2, 0.25) is 11.5 Å². The topological polar surface area (TPSA) is 350 Å². The molecule has 0 spiro atoms. The molecular formula is C45H45ClN14O6S5. The van der Waals surface area contributed by atoms with Crippen LogP contribution in [0.4, 0.5) is 31.5 Å². The van der Waals surface area contributed by atoms with Gasteiger partial charge in [-0.3, -0.25) is 9.59 Å². The maximum atomic E-state index is 11.1. The number of aromatic carboxylic acids is 1. The molecule has 0 unspecified atom stereocenters. The number of hydrogen-bond acceptors (Lipinski definition) is 22. The van der Waals surface area contributed by atoms with Crippen LogP contribution >= 0.6 is 68.3 Å². The van der Waals surface area contributed by atoms with Crippen molar-refractivity contribution in [1.29, 1.82) is 0 Å². The van der Waals surface area contributed by atoms with Crippen LogP contribution in [-0.2, 0) is 9.53 Å². The summed E-state index contributed by atoms with van der Waals surface area (Å²) in [7, 11) is 1.32. The van der Waals surface area contributed by atoms with Gasteiger partial charge < -0.3 is 54.1 Å². The van der Waals surface area contributed by atoms with Gasteiger partial charge in [-0.1, -0.05) is 69.1 Å². The first-order valence-corrected chi connectivity index (χ1v) is 25.3. The molecule has 71 heavy (non-hydrogen) atoms. The fourth-order valence-electron chi connectivity index (χ4n) is 6.36. The number of esters is 1. The minimum Gasteiger partial charge on any atom is -0.478 e. The number of carboxylic acid groups (broad SMARTS) is 1. The number of nitrogens with one attached hydrogen (secondary N) is 1. The monoisotopic (exact) mass is 1070 g/mol. The third-order valence-electron chi connectivity index (χ3n) is 9.73. The molecule has 1 aliphatic heterocycles. The number of carbonyl (C=O) groups excluding carboxylic acids is 2. The van der Waals surface area contributed by atoms with Crippen LogP contribution in [0.25, 0.3) is 41.0 Å². The van der Waals surface area contributed by atoms with Gasteiger partial charge in [-0.2, -0.15) is 0 Å². The third-order valence-corrected chi connectivity index (χ3v) is 14.0. The molecule has 1 amide bonds. The quantitative estimate of drug-likeness (QED) is 0.0769. The molecule has 0 aliphatic carbocycles. The lowest BCUT2D eigenvalue weighted by molar-refractivity contribution is -0.129. The lowest BCUT2D eigenvalue weighted by Crippen LogP contribution is -2.36. The number of nitrogens with zero attached hydrogens (tertiary/aromatic N) is 7. The first-order chi connectivity index (χ1) is 33.9. The van der Waals surface area contributed by atoms with E-state index in [1.54, 1.807) is 37.3 Å². The molecule has 7 aromatic heterocycles. The highest BCUT2D eigenvalue weighted by Gasteiger charge is 2.23. The van der Waals surface area contributed by atoms with Gasteiger partial charge in [-0.15, -0.1) is 11.3 Å². The molecule has 0 radical (unpaired) electrons. The summed E-state index contributed by atoms with van der Waals surface area (Å²) < 4.78 is 7.45. The van der Waals surface area contributed by atoms with Crippen molar-refractivity contribution in [3.63, 3.8) is 0 Å². The number of hydrogen-bond donors (Lipinski definition) is 8. The molecule has 1 aliphatic rings. The fourth-order valence-corrected chi connectivity index (χ4v) is 10.2.